The van der Waals surface area contributed by atoms with Crippen LogP contribution in [-0.4, -0.2) is 15.7 Å². The van der Waals surface area contributed by atoms with Crippen LogP contribution in [-0.2, 0) is 6.42 Å². The third-order valence-corrected chi connectivity index (χ3v) is 2.62. The van der Waals surface area contributed by atoms with Crippen molar-refractivity contribution in [1.29, 1.82) is 0 Å². The average molecular weight is 178 g/mol. The standard InChI is InChI=1S/C7H6N4S/c1-4-5(9-3-8-4)2-7-6(1)10-12-11-7/h1,3,10H,2H2,(H,8,9). The molecule has 1 aromatic heterocycles. The molecule has 0 bridgehead atoms. The van der Waals surface area contributed by atoms with Gasteiger partial charge in [-0.15, -0.1) is 0 Å². The fraction of sp³-hybridized carbons (Fsp3) is 0.143. The Morgan fingerprint density at radius 1 is 1.50 bits per heavy atom. The Labute approximate surface area is 73.5 Å². The zero-order valence-corrected chi connectivity index (χ0v) is 6.98. The van der Waals surface area contributed by atoms with Crippen molar-refractivity contribution < 1.29 is 0 Å². The average Bonchev–Trinajstić information content (AvgIpc) is 2.64. The summed E-state index contributed by atoms with van der Waals surface area (Å²) in [6.07, 6.45) is 4.60. The number of hydrogen-bond donors (Lipinski definition) is 2. The molecule has 0 saturated carbocycles. The van der Waals surface area contributed by atoms with E-state index in [1.165, 1.54) is 12.1 Å². The van der Waals surface area contributed by atoms with Crippen LogP contribution in [0.4, 0.5) is 0 Å². The zero-order valence-electron chi connectivity index (χ0n) is 6.16. The number of hydrogen-bond acceptors (Lipinski definition) is 4. The molecular formula is C7H6N4S. The summed E-state index contributed by atoms with van der Waals surface area (Å²) in [5.74, 6) is 0. The molecule has 1 aliphatic heterocycles. The largest absolute Gasteiger partial charge is 0.348 e. The minimum Gasteiger partial charge on any atom is -0.348 e. The van der Waals surface area contributed by atoms with Crippen LogP contribution < -0.4 is 4.72 Å². The maximum atomic E-state index is 4.24. The Morgan fingerprint density at radius 2 is 2.50 bits per heavy atom. The van der Waals surface area contributed by atoms with Gasteiger partial charge in [-0.1, -0.05) is 0 Å². The zero-order chi connectivity index (χ0) is 7.97. The Hall–Kier alpha value is -1.23. The van der Waals surface area contributed by atoms with Crippen LogP contribution in [0.5, 0.6) is 0 Å². The number of aromatic amines is 1. The molecular weight excluding hydrogens is 172 g/mol. The molecule has 0 spiro atoms. The quantitative estimate of drug-likeness (QED) is 0.581. The Kier molecular flexibility index (Phi) is 1.12. The molecule has 0 atom stereocenters. The van der Waals surface area contributed by atoms with E-state index in [9.17, 15) is 0 Å². The molecule has 4 nitrogen and oxygen atoms in total. The Bertz CT molecular complexity index is 390. The highest BCUT2D eigenvalue weighted by Gasteiger charge is 2.21. The van der Waals surface area contributed by atoms with Gasteiger partial charge in [-0.25, -0.2) is 4.98 Å². The first-order chi connectivity index (χ1) is 5.93. The first kappa shape index (κ1) is 6.30. The number of nitrogens with zero attached hydrogens (tertiary/aromatic N) is 2. The predicted octanol–water partition coefficient (Wildman–Crippen LogP) is 0.914. The molecule has 60 valence electrons. The van der Waals surface area contributed by atoms with E-state index < -0.39 is 0 Å². The number of aromatic nitrogens is 2. The van der Waals surface area contributed by atoms with Crippen LogP contribution in [0.25, 0.3) is 6.08 Å². The van der Waals surface area contributed by atoms with E-state index in [-0.39, 0.29) is 0 Å². The SMILES string of the molecule is C1=C2NSN=C2Cc2[nH]cnc21. The molecule has 0 fully saturated rings. The van der Waals surface area contributed by atoms with Crippen molar-refractivity contribution in [3.05, 3.63) is 23.4 Å². The minimum absolute atomic E-state index is 0.862. The van der Waals surface area contributed by atoms with Crippen molar-refractivity contribution in [2.24, 2.45) is 4.40 Å². The summed E-state index contributed by atoms with van der Waals surface area (Å²) in [5.41, 5.74) is 4.39. The Morgan fingerprint density at radius 3 is 3.50 bits per heavy atom. The van der Waals surface area contributed by atoms with Crippen LogP contribution in [0.3, 0.4) is 0 Å². The number of rotatable bonds is 0. The summed E-state index contributed by atoms with van der Waals surface area (Å²) < 4.78 is 7.35. The van der Waals surface area contributed by atoms with Gasteiger partial charge in [0.25, 0.3) is 0 Å². The molecule has 2 N–H and O–H groups in total. The molecule has 0 unspecified atom stereocenters. The van der Waals surface area contributed by atoms with Gasteiger partial charge in [0.15, 0.2) is 0 Å². The van der Waals surface area contributed by atoms with Crippen molar-refractivity contribution in [2.75, 3.05) is 0 Å². The van der Waals surface area contributed by atoms with E-state index in [4.69, 9.17) is 0 Å². The van der Waals surface area contributed by atoms with Gasteiger partial charge in [-0.05, 0) is 6.08 Å². The number of allylic oxidation sites excluding steroid dienone is 1. The van der Waals surface area contributed by atoms with Gasteiger partial charge in [-0.2, -0.15) is 4.40 Å². The minimum atomic E-state index is 0.862. The molecule has 2 aliphatic rings. The maximum absolute atomic E-state index is 4.24. The van der Waals surface area contributed by atoms with Crippen molar-refractivity contribution in [3.63, 3.8) is 0 Å². The molecule has 0 amide bonds. The third kappa shape index (κ3) is 0.739. The molecule has 3 rings (SSSR count). The van der Waals surface area contributed by atoms with Crippen LogP contribution in [0.15, 0.2) is 16.4 Å². The van der Waals surface area contributed by atoms with Gasteiger partial charge >= 0.3 is 0 Å². The van der Waals surface area contributed by atoms with Crippen LogP contribution in [0.2, 0.25) is 0 Å². The molecule has 12 heavy (non-hydrogen) atoms. The fourth-order valence-corrected chi connectivity index (χ4v) is 1.97. The van der Waals surface area contributed by atoms with E-state index in [2.05, 4.69) is 19.1 Å². The molecule has 0 saturated heterocycles. The molecule has 0 aromatic carbocycles. The summed E-state index contributed by atoms with van der Waals surface area (Å²) >= 11 is 1.38. The van der Waals surface area contributed by atoms with Crippen molar-refractivity contribution in [3.8, 4) is 0 Å². The lowest BCUT2D eigenvalue weighted by molar-refractivity contribution is 1.15. The third-order valence-electron chi connectivity index (χ3n) is 2.00. The normalized spacial score (nSPS) is 19.0. The summed E-state index contributed by atoms with van der Waals surface area (Å²) in [7, 11) is 0. The lowest BCUT2D eigenvalue weighted by Gasteiger charge is -2.07. The van der Waals surface area contributed by atoms with Gasteiger partial charge < -0.3 is 9.71 Å². The van der Waals surface area contributed by atoms with Gasteiger partial charge in [0, 0.05) is 12.1 Å². The summed E-state index contributed by atoms with van der Waals surface area (Å²) in [4.78, 5) is 7.28. The van der Waals surface area contributed by atoms with Gasteiger partial charge in [0.2, 0.25) is 0 Å². The van der Waals surface area contributed by atoms with E-state index in [0.717, 1.165) is 29.2 Å². The summed E-state index contributed by atoms with van der Waals surface area (Å²) in [6.45, 7) is 0. The second-order valence-corrected chi connectivity index (χ2v) is 3.30. The van der Waals surface area contributed by atoms with Crippen LogP contribution in [0, 0.1) is 0 Å². The van der Waals surface area contributed by atoms with E-state index >= 15 is 0 Å². The lowest BCUT2D eigenvalue weighted by Crippen LogP contribution is -2.14. The molecule has 1 aliphatic carbocycles. The lowest BCUT2D eigenvalue weighted by atomic mass is 10.0. The number of nitrogens with one attached hydrogen (secondary N) is 2. The first-order valence-corrected chi connectivity index (χ1v) is 4.44. The monoisotopic (exact) mass is 178 g/mol. The van der Waals surface area contributed by atoms with Crippen LogP contribution >= 0.6 is 12.1 Å². The van der Waals surface area contributed by atoms with Crippen molar-refractivity contribution in [1.82, 2.24) is 14.7 Å². The highest BCUT2D eigenvalue weighted by Crippen LogP contribution is 2.24. The first-order valence-electron chi connectivity index (χ1n) is 3.67. The van der Waals surface area contributed by atoms with Crippen molar-refractivity contribution in [2.45, 2.75) is 6.42 Å². The van der Waals surface area contributed by atoms with Crippen molar-refractivity contribution >= 4 is 23.9 Å². The second-order valence-electron chi connectivity index (χ2n) is 2.73. The fourth-order valence-electron chi connectivity index (χ4n) is 1.38. The van der Waals surface area contributed by atoms with E-state index in [1.54, 1.807) is 6.33 Å². The topological polar surface area (TPSA) is 53.1 Å². The van der Waals surface area contributed by atoms with E-state index in [1.807, 2.05) is 6.08 Å². The predicted molar refractivity (Wildman–Crippen MR) is 48.4 cm³/mol. The summed E-state index contributed by atoms with van der Waals surface area (Å²) in [5, 5.41) is 0. The number of fused-ring (bicyclic) bond motifs is 2. The Balaban J connectivity index is 2.18. The maximum Gasteiger partial charge on any atom is 0.0929 e. The van der Waals surface area contributed by atoms with Gasteiger partial charge in [0.1, 0.15) is 0 Å². The molecule has 1 aromatic rings. The molecule has 5 heteroatoms. The summed E-state index contributed by atoms with van der Waals surface area (Å²) in [6, 6.07) is 0. The van der Waals surface area contributed by atoms with Gasteiger partial charge in [0.05, 0.1) is 35.6 Å². The molecule has 0 radical (unpaired) electrons. The van der Waals surface area contributed by atoms with Gasteiger partial charge in [-0.3, -0.25) is 0 Å². The van der Waals surface area contributed by atoms with E-state index in [0.29, 0.717) is 0 Å². The number of imidazole rings is 1. The second kappa shape index (κ2) is 2.13. The highest BCUT2D eigenvalue weighted by molar-refractivity contribution is 7.96. The van der Waals surface area contributed by atoms with Crippen LogP contribution in [0.1, 0.15) is 11.4 Å². The number of H-pyrrole nitrogens is 1. The molecule has 2 heterocycles. The smallest absolute Gasteiger partial charge is 0.0929 e. The highest BCUT2D eigenvalue weighted by atomic mass is 32.2.